The third kappa shape index (κ3) is 1.71. The summed E-state index contributed by atoms with van der Waals surface area (Å²) in [5.41, 5.74) is 1.27. The Labute approximate surface area is 77.0 Å². The summed E-state index contributed by atoms with van der Waals surface area (Å²) < 4.78 is 28.0. The SMILES string of the molecule is O=S([O-])Nc1ccc2occc2c1. The Morgan fingerprint density at radius 2 is 2.23 bits per heavy atom. The first kappa shape index (κ1) is 8.28. The van der Waals surface area contributed by atoms with Crippen molar-refractivity contribution in [1.82, 2.24) is 0 Å². The molecule has 1 N–H and O–H groups in total. The topological polar surface area (TPSA) is 65.3 Å². The second kappa shape index (κ2) is 3.20. The second-order valence-electron chi connectivity index (χ2n) is 2.51. The van der Waals surface area contributed by atoms with E-state index >= 15 is 0 Å². The minimum absolute atomic E-state index is 0.530. The van der Waals surface area contributed by atoms with Crippen molar-refractivity contribution in [3.8, 4) is 0 Å². The molecule has 68 valence electrons. The van der Waals surface area contributed by atoms with Crippen molar-refractivity contribution < 1.29 is 13.2 Å². The van der Waals surface area contributed by atoms with E-state index in [0.29, 0.717) is 5.69 Å². The Morgan fingerprint density at radius 3 is 3.00 bits per heavy atom. The van der Waals surface area contributed by atoms with Crippen molar-refractivity contribution in [3.05, 3.63) is 30.5 Å². The zero-order valence-corrected chi connectivity index (χ0v) is 7.34. The summed E-state index contributed by atoms with van der Waals surface area (Å²) in [6, 6.07) is 6.83. The molecule has 2 rings (SSSR count). The fourth-order valence-corrected chi connectivity index (χ4v) is 1.45. The molecule has 1 unspecified atom stereocenters. The van der Waals surface area contributed by atoms with Crippen molar-refractivity contribution in [2.24, 2.45) is 0 Å². The van der Waals surface area contributed by atoms with Crippen molar-refractivity contribution in [2.75, 3.05) is 4.72 Å². The molecule has 0 aliphatic rings. The van der Waals surface area contributed by atoms with Crippen molar-refractivity contribution in [2.45, 2.75) is 0 Å². The maximum atomic E-state index is 10.3. The molecule has 2 aromatic rings. The van der Waals surface area contributed by atoms with Crippen molar-refractivity contribution >= 4 is 27.9 Å². The van der Waals surface area contributed by atoms with E-state index in [1.165, 1.54) is 0 Å². The Balaban J connectivity index is 2.42. The average molecular weight is 196 g/mol. The molecule has 0 fully saturated rings. The lowest BCUT2D eigenvalue weighted by Gasteiger charge is -2.07. The van der Waals surface area contributed by atoms with Crippen LogP contribution >= 0.6 is 0 Å². The van der Waals surface area contributed by atoms with Gasteiger partial charge in [-0.15, -0.1) is 0 Å². The van der Waals surface area contributed by atoms with E-state index in [-0.39, 0.29) is 0 Å². The monoisotopic (exact) mass is 196 g/mol. The third-order valence-electron chi connectivity index (χ3n) is 1.65. The van der Waals surface area contributed by atoms with Crippen LogP contribution in [0.4, 0.5) is 5.69 Å². The van der Waals surface area contributed by atoms with E-state index in [1.54, 1.807) is 30.5 Å². The molecule has 0 radical (unpaired) electrons. The van der Waals surface area contributed by atoms with Crippen LogP contribution in [-0.2, 0) is 11.3 Å². The molecule has 0 aliphatic heterocycles. The smallest absolute Gasteiger partial charge is 0.133 e. The fourth-order valence-electron chi connectivity index (χ4n) is 1.13. The highest BCUT2D eigenvalue weighted by Crippen LogP contribution is 2.19. The highest BCUT2D eigenvalue weighted by Gasteiger charge is 1.97. The zero-order valence-electron chi connectivity index (χ0n) is 6.52. The molecule has 5 heteroatoms. The Bertz CT molecular complexity index is 451. The molecule has 0 aliphatic carbocycles. The number of furan rings is 1. The molecule has 1 heterocycles. The van der Waals surface area contributed by atoms with Gasteiger partial charge < -0.3 is 13.7 Å². The van der Waals surface area contributed by atoms with Crippen LogP contribution in [0.25, 0.3) is 11.0 Å². The number of anilines is 1. The van der Waals surface area contributed by atoms with E-state index in [1.807, 2.05) is 0 Å². The maximum Gasteiger partial charge on any atom is 0.133 e. The summed E-state index contributed by atoms with van der Waals surface area (Å²) in [4.78, 5) is 0. The lowest BCUT2D eigenvalue weighted by Crippen LogP contribution is -2.01. The van der Waals surface area contributed by atoms with E-state index in [9.17, 15) is 8.76 Å². The molecule has 4 nitrogen and oxygen atoms in total. The second-order valence-corrected chi connectivity index (χ2v) is 3.18. The molecule has 0 saturated heterocycles. The Morgan fingerprint density at radius 1 is 1.38 bits per heavy atom. The van der Waals surface area contributed by atoms with Crippen molar-refractivity contribution in [3.63, 3.8) is 0 Å². The summed E-state index contributed by atoms with van der Waals surface area (Å²) in [5, 5.41) is 0.871. The maximum absolute atomic E-state index is 10.3. The molecule has 0 saturated carbocycles. The lowest BCUT2D eigenvalue weighted by molar-refractivity contribution is 0.542. The first-order valence-corrected chi connectivity index (χ1v) is 4.66. The number of rotatable bonds is 2. The predicted octanol–water partition coefficient (Wildman–Crippen LogP) is 1.64. The van der Waals surface area contributed by atoms with Crippen LogP contribution in [0.3, 0.4) is 0 Å². The number of benzene rings is 1. The quantitative estimate of drug-likeness (QED) is 0.742. The van der Waals surface area contributed by atoms with Crippen LogP contribution in [0.15, 0.2) is 34.9 Å². The number of nitrogens with one attached hydrogen (secondary N) is 1. The zero-order chi connectivity index (χ0) is 9.26. The van der Waals surface area contributed by atoms with Gasteiger partial charge in [-0.05, 0) is 24.3 Å². The molecule has 0 spiro atoms. The van der Waals surface area contributed by atoms with Gasteiger partial charge in [0.05, 0.1) is 6.26 Å². The third-order valence-corrected chi connectivity index (χ3v) is 2.06. The molecule has 1 atom stereocenters. The first-order valence-electron chi connectivity index (χ1n) is 3.59. The highest BCUT2D eigenvalue weighted by molar-refractivity contribution is 7.80. The molecule has 0 amide bonds. The standard InChI is InChI=1S/C8H7NO3S/c10-13(11)9-7-1-2-8-6(5-7)3-4-12-8/h1-5,9H,(H,10,11)/p-1. The van der Waals surface area contributed by atoms with Crippen molar-refractivity contribution in [1.29, 1.82) is 0 Å². The summed E-state index contributed by atoms with van der Waals surface area (Å²) in [7, 11) is 0. The molecule has 1 aromatic heterocycles. The Hall–Kier alpha value is -1.33. The number of fused-ring (bicyclic) bond motifs is 1. The van der Waals surface area contributed by atoms with Crippen LogP contribution < -0.4 is 4.72 Å². The number of hydrogen-bond donors (Lipinski definition) is 1. The van der Waals surface area contributed by atoms with Gasteiger partial charge >= 0.3 is 0 Å². The summed E-state index contributed by atoms with van der Waals surface area (Å²) >= 11 is -2.28. The first-order chi connectivity index (χ1) is 6.25. The minimum Gasteiger partial charge on any atom is -0.755 e. The summed E-state index contributed by atoms with van der Waals surface area (Å²) in [5.74, 6) is 0. The van der Waals surface area contributed by atoms with Crippen LogP contribution in [0.1, 0.15) is 0 Å². The van der Waals surface area contributed by atoms with Gasteiger partial charge in [-0.1, -0.05) is 0 Å². The minimum atomic E-state index is -2.28. The largest absolute Gasteiger partial charge is 0.755 e. The normalized spacial score (nSPS) is 13.0. The average Bonchev–Trinajstić information content (AvgIpc) is 2.49. The van der Waals surface area contributed by atoms with Gasteiger partial charge in [0, 0.05) is 22.3 Å². The van der Waals surface area contributed by atoms with Crippen LogP contribution in [0.2, 0.25) is 0 Å². The van der Waals surface area contributed by atoms with Gasteiger partial charge in [-0.25, -0.2) is 0 Å². The van der Waals surface area contributed by atoms with Gasteiger partial charge in [0.25, 0.3) is 0 Å². The van der Waals surface area contributed by atoms with Gasteiger partial charge in [-0.3, -0.25) is 4.21 Å². The lowest BCUT2D eigenvalue weighted by atomic mass is 10.2. The van der Waals surface area contributed by atoms with E-state index in [2.05, 4.69) is 4.72 Å². The summed E-state index contributed by atoms with van der Waals surface area (Å²) in [6.07, 6.45) is 1.56. The molecular weight excluding hydrogens is 190 g/mol. The number of hydrogen-bond acceptors (Lipinski definition) is 3. The van der Waals surface area contributed by atoms with Gasteiger partial charge in [0.2, 0.25) is 0 Å². The van der Waals surface area contributed by atoms with Gasteiger partial charge in [0.15, 0.2) is 0 Å². The molecule has 13 heavy (non-hydrogen) atoms. The predicted molar refractivity (Wildman–Crippen MR) is 48.8 cm³/mol. The molecular formula is C8H6NO3S-. The Kier molecular flexibility index (Phi) is 2.03. The van der Waals surface area contributed by atoms with Crippen LogP contribution in [-0.4, -0.2) is 8.76 Å². The van der Waals surface area contributed by atoms with Gasteiger partial charge in [0.1, 0.15) is 5.58 Å². The summed E-state index contributed by atoms with van der Waals surface area (Å²) in [6.45, 7) is 0. The van der Waals surface area contributed by atoms with E-state index in [0.717, 1.165) is 11.0 Å². The fraction of sp³-hybridized carbons (Fsp3) is 0. The highest BCUT2D eigenvalue weighted by atomic mass is 32.2. The van der Waals surface area contributed by atoms with Gasteiger partial charge in [-0.2, -0.15) is 0 Å². The van der Waals surface area contributed by atoms with E-state index in [4.69, 9.17) is 4.42 Å². The molecule has 0 bridgehead atoms. The van der Waals surface area contributed by atoms with Crippen LogP contribution in [0.5, 0.6) is 0 Å². The van der Waals surface area contributed by atoms with Crippen LogP contribution in [0, 0.1) is 0 Å². The van der Waals surface area contributed by atoms with E-state index < -0.39 is 11.3 Å². The molecule has 1 aromatic carbocycles.